The van der Waals surface area contributed by atoms with Crippen molar-refractivity contribution in [1.82, 2.24) is 0 Å². The summed E-state index contributed by atoms with van der Waals surface area (Å²) in [6.45, 7) is 1.93. The third-order valence-electron chi connectivity index (χ3n) is 0. The zero-order valence-corrected chi connectivity index (χ0v) is 8.65. The maximum absolute atomic E-state index is 7.57. The van der Waals surface area contributed by atoms with Gasteiger partial charge in [0.2, 0.25) is 0 Å². The van der Waals surface area contributed by atoms with E-state index in [4.69, 9.17) is 5.11 Å². The predicted molar refractivity (Wildman–Crippen MR) is 27.1 cm³/mol. The van der Waals surface area contributed by atoms with E-state index in [0.29, 0.717) is 0 Å². The molecule has 6 heavy (non-hydrogen) atoms. The van der Waals surface area contributed by atoms with Gasteiger partial charge < -0.3 is 5.11 Å². The van der Waals surface area contributed by atoms with Crippen molar-refractivity contribution in [3.8, 4) is 0 Å². The molecule has 1 radical (unpaired) electrons. The molecule has 0 unspecified atom stereocenters. The summed E-state index contributed by atoms with van der Waals surface area (Å²) in [5.74, 6) is 0. The van der Waals surface area contributed by atoms with Crippen LogP contribution in [0, 0.1) is 0 Å². The van der Waals surface area contributed by atoms with Gasteiger partial charge in [-0.2, -0.15) is 0 Å². The van der Waals surface area contributed by atoms with E-state index >= 15 is 0 Å². The zero-order valence-electron chi connectivity index (χ0n) is 3.50. The normalized spacial score (nSPS) is 4.00. The second kappa shape index (κ2) is 30.8. The third kappa shape index (κ3) is 46.8. The Morgan fingerprint density at radius 3 is 1.50 bits per heavy atom. The number of aliphatic hydroxyl groups excluding tert-OH is 1. The minimum atomic E-state index is 0. The molecule has 0 amide bonds. The SMILES string of the molecule is CCO.[SeH][SeH].[V]. The first-order valence-corrected chi connectivity index (χ1v) is 6.42. The molecule has 0 aliphatic rings. The minimum absolute atomic E-state index is 0. The summed E-state index contributed by atoms with van der Waals surface area (Å²) < 4.78 is 0. The molecular formula is C2H8OSe2V. The van der Waals surface area contributed by atoms with Crippen molar-refractivity contribution in [2.24, 2.45) is 0 Å². The number of hydrogen-bond donors (Lipinski definition) is 1. The summed E-state index contributed by atoms with van der Waals surface area (Å²) in [6.07, 6.45) is 0. The second-order valence-electron chi connectivity index (χ2n) is 0.316. The first-order chi connectivity index (χ1) is 2.41. The van der Waals surface area contributed by atoms with Crippen LogP contribution in [-0.4, -0.2) is 40.1 Å². The molecule has 1 N–H and O–H groups in total. The molecule has 39 valence electrons. The molecule has 0 rings (SSSR count). The quantitative estimate of drug-likeness (QED) is 0.535. The van der Waals surface area contributed by atoms with Gasteiger partial charge in [-0.1, -0.05) is 0 Å². The van der Waals surface area contributed by atoms with E-state index in [-0.39, 0.29) is 25.2 Å². The van der Waals surface area contributed by atoms with Crippen molar-refractivity contribution >= 4 is 28.4 Å². The van der Waals surface area contributed by atoms with Gasteiger partial charge in [0.1, 0.15) is 0 Å². The van der Waals surface area contributed by atoms with Crippen molar-refractivity contribution < 1.29 is 23.7 Å². The first kappa shape index (κ1) is 15.6. The topological polar surface area (TPSA) is 20.2 Å². The maximum Gasteiger partial charge on any atom is 0 e. The van der Waals surface area contributed by atoms with Crippen molar-refractivity contribution in [2.75, 3.05) is 6.61 Å². The van der Waals surface area contributed by atoms with E-state index in [1.165, 1.54) is 0 Å². The fourth-order valence-corrected chi connectivity index (χ4v) is 0. The molecule has 0 atom stereocenters. The van der Waals surface area contributed by atoms with Crippen molar-refractivity contribution in [2.45, 2.75) is 6.92 Å². The first-order valence-electron chi connectivity index (χ1n) is 1.22. The Morgan fingerprint density at radius 2 is 1.50 bits per heavy atom. The summed E-state index contributed by atoms with van der Waals surface area (Å²) in [5, 5.41) is 7.57. The van der Waals surface area contributed by atoms with E-state index in [2.05, 4.69) is 28.4 Å². The van der Waals surface area contributed by atoms with E-state index < -0.39 is 0 Å². The van der Waals surface area contributed by atoms with Crippen LogP contribution in [0.1, 0.15) is 6.92 Å². The van der Waals surface area contributed by atoms with Crippen LogP contribution >= 0.6 is 0 Å². The fraction of sp³-hybridized carbons (Fsp3) is 1.00. The molecule has 0 saturated heterocycles. The van der Waals surface area contributed by atoms with Crippen molar-refractivity contribution in [3.05, 3.63) is 0 Å². The largest absolute Gasteiger partial charge is 0 e. The van der Waals surface area contributed by atoms with Crippen molar-refractivity contribution in [1.29, 1.82) is 0 Å². The van der Waals surface area contributed by atoms with Gasteiger partial charge in [0.05, 0.1) is 0 Å². The van der Waals surface area contributed by atoms with Crippen LogP contribution in [0.3, 0.4) is 0 Å². The van der Waals surface area contributed by atoms with Gasteiger partial charge in [-0.15, -0.1) is 0 Å². The summed E-state index contributed by atoms with van der Waals surface area (Å²) >= 11 is 4.50. The molecule has 0 aromatic heterocycles. The molecule has 0 aliphatic heterocycles. The smallest absolute Gasteiger partial charge is 0 e. The molecule has 1 nitrogen and oxygen atoms in total. The van der Waals surface area contributed by atoms with Gasteiger partial charge in [-0.3, -0.25) is 0 Å². The molecule has 0 heterocycles. The number of rotatable bonds is 0. The van der Waals surface area contributed by atoms with Crippen LogP contribution in [0.15, 0.2) is 0 Å². The van der Waals surface area contributed by atoms with E-state index in [1.54, 1.807) is 6.92 Å². The molecule has 0 aromatic carbocycles. The van der Waals surface area contributed by atoms with Crippen LogP contribution in [0.25, 0.3) is 0 Å². The Labute approximate surface area is 65.3 Å². The van der Waals surface area contributed by atoms with Gasteiger partial charge in [0.15, 0.2) is 0 Å². The summed E-state index contributed by atoms with van der Waals surface area (Å²) in [4.78, 5) is 0. The molecule has 0 spiro atoms. The molecule has 0 bridgehead atoms. The van der Waals surface area contributed by atoms with E-state index in [1.807, 2.05) is 0 Å². The molecule has 0 aliphatic carbocycles. The number of hydrogen-bond acceptors (Lipinski definition) is 1. The molecule has 0 saturated carbocycles. The van der Waals surface area contributed by atoms with Gasteiger partial charge >= 0.3 is 28.4 Å². The molecular weight excluding hydrogens is 249 g/mol. The van der Waals surface area contributed by atoms with Crippen LogP contribution in [0.5, 0.6) is 0 Å². The summed E-state index contributed by atoms with van der Waals surface area (Å²) in [6, 6.07) is 0. The standard InChI is InChI=1S/C2H6O.H2Se2.V/c1-2-3;1-2;/h3H,2H2,1H3;1-2H;. The Morgan fingerprint density at radius 1 is 1.50 bits per heavy atom. The Balaban J connectivity index is -0.0000000275. The average Bonchev–Trinajstić information content (AvgIpc) is 1.46. The monoisotopic (exact) mass is 259 g/mol. The van der Waals surface area contributed by atoms with Crippen molar-refractivity contribution in [3.63, 3.8) is 0 Å². The van der Waals surface area contributed by atoms with Gasteiger partial charge in [-0.25, -0.2) is 0 Å². The van der Waals surface area contributed by atoms with Gasteiger partial charge in [0.25, 0.3) is 0 Å². The van der Waals surface area contributed by atoms with Crippen LogP contribution in [0.2, 0.25) is 0 Å². The predicted octanol–water partition coefficient (Wildman–Crippen LogP) is -1.30. The second-order valence-corrected chi connectivity index (χ2v) is 0.316. The Bertz CT molecular complexity index is 11.5. The van der Waals surface area contributed by atoms with Crippen LogP contribution in [-0.2, 0) is 18.6 Å². The van der Waals surface area contributed by atoms with Gasteiger partial charge in [0, 0.05) is 25.2 Å². The Hall–Kier alpha value is 1.58. The van der Waals surface area contributed by atoms with Crippen LogP contribution < -0.4 is 0 Å². The molecule has 0 aromatic rings. The maximum atomic E-state index is 7.57. The number of aliphatic hydroxyl groups is 1. The molecule has 0 fully saturated rings. The summed E-state index contributed by atoms with van der Waals surface area (Å²) in [5.41, 5.74) is 0. The molecule has 4 heteroatoms. The zero-order chi connectivity index (χ0) is 4.71. The van der Waals surface area contributed by atoms with Gasteiger partial charge in [-0.05, 0) is 6.92 Å². The van der Waals surface area contributed by atoms with E-state index in [0.717, 1.165) is 0 Å². The summed E-state index contributed by atoms with van der Waals surface area (Å²) in [7, 11) is 0. The third-order valence-corrected chi connectivity index (χ3v) is 0. The fourth-order valence-electron chi connectivity index (χ4n) is 0. The average molecular weight is 257 g/mol. The minimum Gasteiger partial charge on any atom is 0 e. The Kier molecular flexibility index (Phi) is 80.2. The van der Waals surface area contributed by atoms with E-state index in [9.17, 15) is 0 Å². The van der Waals surface area contributed by atoms with Crippen LogP contribution in [0.4, 0.5) is 0 Å².